The Hall–Kier alpha value is -0.610. The summed E-state index contributed by atoms with van der Waals surface area (Å²) in [4.78, 5) is 2.26. The number of benzene rings is 1. The van der Waals surface area contributed by atoms with Gasteiger partial charge in [-0.15, -0.1) is 0 Å². The summed E-state index contributed by atoms with van der Waals surface area (Å²) in [7, 11) is 2.10. The van der Waals surface area contributed by atoms with E-state index in [0.717, 1.165) is 42.1 Å². The third-order valence-corrected chi connectivity index (χ3v) is 3.93. The van der Waals surface area contributed by atoms with Gasteiger partial charge in [0.2, 0.25) is 0 Å². The third kappa shape index (κ3) is 3.45. The number of nitrogens with zero attached hydrogens (tertiary/aromatic N) is 1. The summed E-state index contributed by atoms with van der Waals surface area (Å²) in [6.07, 6.45) is 1.80. The van der Waals surface area contributed by atoms with Crippen molar-refractivity contribution in [3.05, 3.63) is 34.3 Å². The molecule has 0 amide bonds. The van der Waals surface area contributed by atoms with Gasteiger partial charge in [0.25, 0.3) is 0 Å². The molecule has 0 radical (unpaired) electrons. The Morgan fingerprint density at radius 3 is 2.72 bits per heavy atom. The van der Waals surface area contributed by atoms with Crippen molar-refractivity contribution >= 4 is 11.6 Å². The Kier molecular flexibility index (Phi) is 4.62. The van der Waals surface area contributed by atoms with Crippen molar-refractivity contribution in [1.29, 1.82) is 0 Å². The molecule has 3 nitrogen and oxygen atoms in total. The van der Waals surface area contributed by atoms with Gasteiger partial charge in [0.05, 0.1) is 6.10 Å². The molecule has 4 heteroatoms. The second-order valence-corrected chi connectivity index (χ2v) is 5.73. The summed E-state index contributed by atoms with van der Waals surface area (Å²) in [6.45, 7) is 2.39. The molecule has 1 saturated carbocycles. The topological polar surface area (TPSA) is 49.5 Å². The van der Waals surface area contributed by atoms with E-state index in [2.05, 4.69) is 18.0 Å². The average molecular weight is 269 g/mol. The molecule has 1 fully saturated rings. The first-order valence-corrected chi connectivity index (χ1v) is 6.80. The van der Waals surface area contributed by atoms with Crippen LogP contribution < -0.4 is 5.73 Å². The average Bonchev–Trinajstić information content (AvgIpc) is 2.30. The standard InChI is InChI=1S/C14H21ClN2O/c1-17(8-11-4-13(18)5-11)9-12-3-2-10(7-16)6-14(12)15/h2-3,6,11,13,18H,4-5,7-9,16H2,1H3. The van der Waals surface area contributed by atoms with E-state index >= 15 is 0 Å². The molecule has 100 valence electrons. The highest BCUT2D eigenvalue weighted by Gasteiger charge is 2.27. The molecule has 1 aliphatic rings. The van der Waals surface area contributed by atoms with Crippen molar-refractivity contribution in [2.24, 2.45) is 11.7 Å². The Labute approximate surface area is 114 Å². The zero-order valence-electron chi connectivity index (χ0n) is 10.8. The van der Waals surface area contributed by atoms with Crippen molar-refractivity contribution in [1.82, 2.24) is 4.90 Å². The predicted molar refractivity (Wildman–Crippen MR) is 74.4 cm³/mol. The molecule has 0 saturated heterocycles. The lowest BCUT2D eigenvalue weighted by Gasteiger charge is -2.34. The van der Waals surface area contributed by atoms with Crippen LogP contribution in [-0.2, 0) is 13.1 Å². The molecule has 0 spiro atoms. The summed E-state index contributed by atoms with van der Waals surface area (Å²) >= 11 is 6.24. The van der Waals surface area contributed by atoms with Crippen molar-refractivity contribution in [3.8, 4) is 0 Å². The van der Waals surface area contributed by atoms with Gasteiger partial charge in [-0.3, -0.25) is 0 Å². The quantitative estimate of drug-likeness (QED) is 0.859. The van der Waals surface area contributed by atoms with Gasteiger partial charge in [-0.25, -0.2) is 0 Å². The van der Waals surface area contributed by atoms with E-state index < -0.39 is 0 Å². The first-order valence-electron chi connectivity index (χ1n) is 6.42. The maximum Gasteiger partial charge on any atom is 0.0546 e. The minimum atomic E-state index is -0.0733. The lowest BCUT2D eigenvalue weighted by molar-refractivity contribution is 0.0274. The van der Waals surface area contributed by atoms with Gasteiger partial charge in [0.1, 0.15) is 0 Å². The second-order valence-electron chi connectivity index (χ2n) is 5.32. The van der Waals surface area contributed by atoms with Crippen LogP contribution in [0.5, 0.6) is 0 Å². The predicted octanol–water partition coefficient (Wildman–Crippen LogP) is 2.00. The molecular weight excluding hydrogens is 248 g/mol. The maximum atomic E-state index is 9.27. The van der Waals surface area contributed by atoms with E-state index in [1.54, 1.807) is 0 Å². The van der Waals surface area contributed by atoms with E-state index in [1.165, 1.54) is 0 Å². The first kappa shape index (κ1) is 13.8. The minimum absolute atomic E-state index is 0.0733. The van der Waals surface area contributed by atoms with Crippen LogP contribution >= 0.6 is 11.6 Å². The summed E-state index contributed by atoms with van der Waals surface area (Å²) in [5.41, 5.74) is 7.78. The van der Waals surface area contributed by atoms with Gasteiger partial charge < -0.3 is 15.7 Å². The van der Waals surface area contributed by atoms with E-state index in [1.807, 2.05) is 12.1 Å². The third-order valence-electron chi connectivity index (χ3n) is 3.57. The van der Waals surface area contributed by atoms with Crippen LogP contribution in [0, 0.1) is 5.92 Å². The highest BCUT2D eigenvalue weighted by atomic mass is 35.5. The Morgan fingerprint density at radius 1 is 1.44 bits per heavy atom. The van der Waals surface area contributed by atoms with Gasteiger partial charge in [-0.05, 0) is 43.0 Å². The van der Waals surface area contributed by atoms with E-state index in [-0.39, 0.29) is 6.10 Å². The molecule has 1 aliphatic carbocycles. The summed E-state index contributed by atoms with van der Waals surface area (Å²) in [5.74, 6) is 0.632. The molecule has 0 aliphatic heterocycles. The Bertz CT molecular complexity index is 405. The molecule has 0 bridgehead atoms. The van der Waals surface area contributed by atoms with Crippen LogP contribution in [0.25, 0.3) is 0 Å². The van der Waals surface area contributed by atoms with E-state index in [9.17, 15) is 5.11 Å². The van der Waals surface area contributed by atoms with Gasteiger partial charge in [-0.2, -0.15) is 0 Å². The van der Waals surface area contributed by atoms with Crippen LogP contribution in [-0.4, -0.2) is 29.7 Å². The molecule has 1 aromatic rings. The highest BCUT2D eigenvalue weighted by molar-refractivity contribution is 6.31. The number of rotatable bonds is 5. The second kappa shape index (κ2) is 6.02. The lowest BCUT2D eigenvalue weighted by atomic mass is 9.82. The number of aliphatic hydroxyl groups excluding tert-OH is 1. The first-order chi connectivity index (χ1) is 8.58. The SMILES string of the molecule is CN(Cc1ccc(CN)cc1Cl)CC1CC(O)C1. The van der Waals surface area contributed by atoms with Crippen LogP contribution in [0.4, 0.5) is 0 Å². The summed E-state index contributed by atoms with van der Waals surface area (Å²) < 4.78 is 0. The van der Waals surface area contributed by atoms with Crippen molar-refractivity contribution in [3.63, 3.8) is 0 Å². The van der Waals surface area contributed by atoms with Gasteiger partial charge in [0, 0.05) is 24.7 Å². The molecule has 3 N–H and O–H groups in total. The minimum Gasteiger partial charge on any atom is -0.393 e. The van der Waals surface area contributed by atoms with Crippen molar-refractivity contribution < 1.29 is 5.11 Å². The number of halogens is 1. The van der Waals surface area contributed by atoms with Gasteiger partial charge in [-0.1, -0.05) is 23.7 Å². The Morgan fingerprint density at radius 2 is 2.17 bits per heavy atom. The molecule has 0 atom stereocenters. The summed E-state index contributed by atoms with van der Waals surface area (Å²) in [5, 5.41) is 10.1. The van der Waals surface area contributed by atoms with Crippen LogP contribution in [0.15, 0.2) is 18.2 Å². The molecule has 0 unspecified atom stereocenters. The fourth-order valence-corrected chi connectivity index (χ4v) is 2.75. The summed E-state index contributed by atoms with van der Waals surface area (Å²) in [6, 6.07) is 6.02. The van der Waals surface area contributed by atoms with Crippen LogP contribution in [0.1, 0.15) is 24.0 Å². The number of hydrogen-bond donors (Lipinski definition) is 2. The molecule has 18 heavy (non-hydrogen) atoms. The zero-order chi connectivity index (χ0) is 13.1. The number of nitrogens with two attached hydrogens (primary N) is 1. The molecular formula is C14H21ClN2O. The molecule has 2 rings (SSSR count). The largest absolute Gasteiger partial charge is 0.393 e. The monoisotopic (exact) mass is 268 g/mol. The highest BCUT2D eigenvalue weighted by Crippen LogP contribution is 2.28. The van der Waals surface area contributed by atoms with Gasteiger partial charge >= 0.3 is 0 Å². The van der Waals surface area contributed by atoms with E-state index in [4.69, 9.17) is 17.3 Å². The molecule has 0 heterocycles. The maximum absolute atomic E-state index is 9.27. The normalized spacial score (nSPS) is 23.2. The van der Waals surface area contributed by atoms with Crippen LogP contribution in [0.3, 0.4) is 0 Å². The molecule has 1 aromatic carbocycles. The Balaban J connectivity index is 1.88. The number of aliphatic hydroxyl groups is 1. The van der Waals surface area contributed by atoms with Crippen molar-refractivity contribution in [2.75, 3.05) is 13.6 Å². The van der Waals surface area contributed by atoms with E-state index in [0.29, 0.717) is 12.5 Å². The van der Waals surface area contributed by atoms with Crippen molar-refractivity contribution in [2.45, 2.75) is 32.0 Å². The fourth-order valence-electron chi connectivity index (χ4n) is 2.49. The zero-order valence-corrected chi connectivity index (χ0v) is 11.5. The fraction of sp³-hybridized carbons (Fsp3) is 0.571. The lowest BCUT2D eigenvalue weighted by Crippen LogP contribution is -2.36. The smallest absolute Gasteiger partial charge is 0.0546 e. The van der Waals surface area contributed by atoms with Gasteiger partial charge in [0.15, 0.2) is 0 Å². The molecule has 0 aromatic heterocycles. The number of hydrogen-bond acceptors (Lipinski definition) is 3. The van der Waals surface area contributed by atoms with Crippen LogP contribution in [0.2, 0.25) is 5.02 Å².